The molecule has 0 bridgehead atoms. The fourth-order valence-electron chi connectivity index (χ4n) is 2.46. The molecule has 0 aliphatic heterocycles. The van der Waals surface area contributed by atoms with Crippen molar-refractivity contribution in [2.75, 3.05) is 0 Å². The second-order valence-electron chi connectivity index (χ2n) is 5.79. The normalized spacial score (nSPS) is 14.5. The number of hydrogen-bond donors (Lipinski definition) is 4. The molecule has 0 heterocycles. The van der Waals surface area contributed by atoms with Gasteiger partial charge in [-0.15, -0.1) is 0 Å². The fourth-order valence-corrected chi connectivity index (χ4v) is 2.65. The molecule has 7 heteroatoms. The lowest BCUT2D eigenvalue weighted by Crippen LogP contribution is -2.54. The first-order valence-electron chi connectivity index (χ1n) is 8.20. The van der Waals surface area contributed by atoms with E-state index in [-0.39, 0.29) is 5.92 Å². The lowest BCUT2D eigenvalue weighted by Gasteiger charge is -2.26. The van der Waals surface area contributed by atoms with Gasteiger partial charge in [0.1, 0.15) is 6.10 Å². The molecular formula is C17H26ClN3O3. The first-order valence-corrected chi connectivity index (χ1v) is 8.57. The number of rotatable bonds is 8. The number of unbranched alkanes of at least 4 members (excludes halogenated alkanes) is 1. The molecule has 1 aromatic carbocycles. The Kier molecular flexibility index (Phi) is 8.74. The number of hydrazine groups is 1. The van der Waals surface area contributed by atoms with Crippen LogP contribution >= 0.6 is 11.6 Å². The number of nitrogens with one attached hydrogen (secondary N) is 2. The lowest BCUT2D eigenvalue weighted by atomic mass is 9.88. The Hall–Kier alpha value is -1.63. The third-order valence-electron chi connectivity index (χ3n) is 4.02. The van der Waals surface area contributed by atoms with Crippen LogP contribution in [0, 0.1) is 5.92 Å². The van der Waals surface area contributed by atoms with Gasteiger partial charge in [-0.2, -0.15) is 0 Å². The molecule has 0 aliphatic rings. The first kappa shape index (κ1) is 20.4. The summed E-state index contributed by atoms with van der Waals surface area (Å²) >= 11 is 5.81. The molecule has 134 valence electrons. The Morgan fingerprint density at radius 1 is 1.29 bits per heavy atom. The van der Waals surface area contributed by atoms with Crippen molar-refractivity contribution in [2.45, 2.75) is 51.7 Å². The summed E-state index contributed by atoms with van der Waals surface area (Å²) in [6.07, 6.45) is 2.27. The molecule has 3 atom stereocenters. The summed E-state index contributed by atoms with van der Waals surface area (Å²) < 4.78 is 0. The van der Waals surface area contributed by atoms with Gasteiger partial charge in [0.25, 0.3) is 11.8 Å². The van der Waals surface area contributed by atoms with Crippen molar-refractivity contribution in [1.29, 1.82) is 0 Å². The van der Waals surface area contributed by atoms with Crippen LogP contribution in [0.2, 0.25) is 5.02 Å². The summed E-state index contributed by atoms with van der Waals surface area (Å²) in [7, 11) is 0. The number of aliphatic hydroxyl groups excluding tert-OH is 1. The highest BCUT2D eigenvalue weighted by Crippen LogP contribution is 2.18. The first-order chi connectivity index (χ1) is 11.4. The maximum atomic E-state index is 12.0. The minimum Gasteiger partial charge on any atom is -0.382 e. The predicted molar refractivity (Wildman–Crippen MR) is 94.3 cm³/mol. The Labute approximate surface area is 147 Å². The highest BCUT2D eigenvalue weighted by atomic mass is 35.5. The van der Waals surface area contributed by atoms with Gasteiger partial charge in [0.05, 0.1) is 0 Å². The zero-order valence-corrected chi connectivity index (χ0v) is 14.8. The van der Waals surface area contributed by atoms with E-state index < -0.39 is 24.0 Å². The molecule has 0 saturated carbocycles. The van der Waals surface area contributed by atoms with Crippen LogP contribution in [0.15, 0.2) is 24.3 Å². The van der Waals surface area contributed by atoms with Crippen LogP contribution in [0.1, 0.15) is 49.9 Å². The van der Waals surface area contributed by atoms with E-state index in [2.05, 4.69) is 17.8 Å². The largest absolute Gasteiger partial charge is 0.382 e. The smallest absolute Gasteiger partial charge is 0.269 e. The molecule has 0 radical (unpaired) electrons. The minimum atomic E-state index is -1.38. The van der Waals surface area contributed by atoms with Crippen molar-refractivity contribution in [1.82, 2.24) is 10.9 Å². The van der Waals surface area contributed by atoms with Gasteiger partial charge in [0.2, 0.25) is 0 Å². The summed E-state index contributed by atoms with van der Waals surface area (Å²) in [5.41, 5.74) is 10.8. The van der Waals surface area contributed by atoms with E-state index in [1.807, 2.05) is 6.92 Å². The zero-order valence-electron chi connectivity index (χ0n) is 14.1. The van der Waals surface area contributed by atoms with Crippen LogP contribution in [-0.2, 0) is 4.79 Å². The predicted octanol–water partition coefficient (Wildman–Crippen LogP) is 2.01. The molecule has 0 spiro atoms. The van der Waals surface area contributed by atoms with E-state index in [9.17, 15) is 14.7 Å². The van der Waals surface area contributed by atoms with E-state index >= 15 is 0 Å². The van der Waals surface area contributed by atoms with E-state index in [0.717, 1.165) is 25.7 Å². The third kappa shape index (κ3) is 6.11. The number of carbonyl (C=O) groups is 2. The molecule has 24 heavy (non-hydrogen) atoms. The lowest BCUT2D eigenvalue weighted by molar-refractivity contribution is -0.131. The molecule has 1 unspecified atom stereocenters. The fraction of sp³-hybridized carbons (Fsp3) is 0.529. The Morgan fingerprint density at radius 3 is 2.58 bits per heavy atom. The Morgan fingerprint density at radius 2 is 2.00 bits per heavy atom. The van der Waals surface area contributed by atoms with Crippen molar-refractivity contribution in [3.8, 4) is 0 Å². The van der Waals surface area contributed by atoms with E-state index in [4.69, 9.17) is 17.3 Å². The molecular weight excluding hydrogens is 330 g/mol. The van der Waals surface area contributed by atoms with E-state index in [1.165, 1.54) is 6.07 Å². The topological polar surface area (TPSA) is 104 Å². The van der Waals surface area contributed by atoms with Crippen LogP contribution in [-0.4, -0.2) is 29.1 Å². The maximum Gasteiger partial charge on any atom is 0.269 e. The number of carbonyl (C=O) groups excluding carboxylic acids is 2. The molecule has 0 fully saturated rings. The van der Waals surface area contributed by atoms with Crippen molar-refractivity contribution >= 4 is 23.4 Å². The van der Waals surface area contributed by atoms with Gasteiger partial charge >= 0.3 is 0 Å². The van der Waals surface area contributed by atoms with Gasteiger partial charge in [-0.3, -0.25) is 20.4 Å². The highest BCUT2D eigenvalue weighted by molar-refractivity contribution is 6.30. The number of amides is 2. The second kappa shape index (κ2) is 10.3. The molecule has 0 saturated heterocycles. The van der Waals surface area contributed by atoms with Crippen LogP contribution in [0.25, 0.3) is 0 Å². The maximum absolute atomic E-state index is 12.0. The number of nitrogens with two attached hydrogens (primary N) is 1. The SMILES string of the molecule is CCCCC(CC)[C@@H](N)[C@H](O)C(=O)NNC(=O)c1cccc(Cl)c1. The number of benzene rings is 1. The molecule has 6 nitrogen and oxygen atoms in total. The molecule has 0 aliphatic carbocycles. The van der Waals surface area contributed by atoms with Crippen molar-refractivity contribution < 1.29 is 14.7 Å². The van der Waals surface area contributed by atoms with Gasteiger partial charge in [-0.05, 0) is 30.5 Å². The van der Waals surface area contributed by atoms with Crippen LogP contribution in [0.5, 0.6) is 0 Å². The van der Waals surface area contributed by atoms with Crippen molar-refractivity contribution in [3.05, 3.63) is 34.9 Å². The molecule has 5 N–H and O–H groups in total. The summed E-state index contributed by atoms with van der Waals surface area (Å²) in [6.45, 7) is 4.05. The van der Waals surface area contributed by atoms with Gasteiger partial charge in [0.15, 0.2) is 0 Å². The van der Waals surface area contributed by atoms with Gasteiger partial charge in [-0.1, -0.05) is 50.8 Å². The van der Waals surface area contributed by atoms with Crippen LogP contribution < -0.4 is 16.6 Å². The Bertz CT molecular complexity index is 554. The minimum absolute atomic E-state index is 0.0503. The van der Waals surface area contributed by atoms with Crippen molar-refractivity contribution in [3.63, 3.8) is 0 Å². The summed E-state index contributed by atoms with van der Waals surface area (Å²) in [4.78, 5) is 23.9. The monoisotopic (exact) mass is 355 g/mol. The number of aliphatic hydroxyl groups is 1. The van der Waals surface area contributed by atoms with Gasteiger partial charge < -0.3 is 10.8 Å². The van der Waals surface area contributed by atoms with E-state index in [0.29, 0.717) is 10.6 Å². The molecule has 0 aromatic heterocycles. The van der Waals surface area contributed by atoms with Crippen LogP contribution in [0.3, 0.4) is 0 Å². The number of hydrogen-bond acceptors (Lipinski definition) is 4. The summed E-state index contributed by atoms with van der Waals surface area (Å²) in [6, 6.07) is 5.63. The second-order valence-corrected chi connectivity index (χ2v) is 6.22. The third-order valence-corrected chi connectivity index (χ3v) is 4.25. The van der Waals surface area contributed by atoms with E-state index in [1.54, 1.807) is 18.2 Å². The zero-order chi connectivity index (χ0) is 18.1. The average Bonchev–Trinajstić information content (AvgIpc) is 2.59. The average molecular weight is 356 g/mol. The molecule has 2 amide bonds. The van der Waals surface area contributed by atoms with Crippen LogP contribution in [0.4, 0.5) is 0 Å². The number of halogens is 1. The van der Waals surface area contributed by atoms with Gasteiger partial charge in [0, 0.05) is 16.6 Å². The molecule has 1 aromatic rings. The summed E-state index contributed by atoms with van der Waals surface area (Å²) in [5.74, 6) is -1.20. The Balaban J connectivity index is 2.55. The highest BCUT2D eigenvalue weighted by Gasteiger charge is 2.29. The quantitative estimate of drug-likeness (QED) is 0.535. The standard InChI is InChI=1S/C17H26ClN3O3/c1-3-5-7-11(4-2)14(19)15(22)17(24)21-20-16(23)12-8-6-9-13(18)10-12/h6,8-11,14-15,22H,3-5,7,19H2,1-2H3,(H,20,23)(H,21,24)/t11?,14-,15+/m1/s1. The van der Waals surface area contributed by atoms with Crippen molar-refractivity contribution in [2.24, 2.45) is 11.7 Å². The van der Waals surface area contributed by atoms with Gasteiger partial charge in [-0.25, -0.2) is 0 Å². The summed E-state index contributed by atoms with van der Waals surface area (Å²) in [5, 5.41) is 10.5. The molecule has 1 rings (SSSR count).